The molecule has 1 aliphatic rings. The topological polar surface area (TPSA) is 93.8 Å². The van der Waals surface area contributed by atoms with Crippen LogP contribution in [0.4, 0.5) is 9.18 Å². The van der Waals surface area contributed by atoms with E-state index in [0.29, 0.717) is 18.7 Å². The van der Waals surface area contributed by atoms with Crippen LogP contribution in [0.25, 0.3) is 0 Å². The second-order valence-corrected chi connectivity index (χ2v) is 5.93. The Morgan fingerprint density at radius 1 is 1.52 bits per heavy atom. The van der Waals surface area contributed by atoms with Gasteiger partial charge in [-0.1, -0.05) is 11.6 Å². The van der Waals surface area contributed by atoms with Gasteiger partial charge in [-0.3, -0.25) is 0 Å². The zero-order chi connectivity index (χ0) is 16.8. The van der Waals surface area contributed by atoms with Crippen molar-refractivity contribution in [2.75, 3.05) is 13.2 Å². The highest BCUT2D eigenvalue weighted by atomic mass is 35.5. The Hall–Kier alpha value is -1.57. The van der Waals surface area contributed by atoms with Crippen molar-refractivity contribution in [2.45, 2.75) is 37.5 Å². The van der Waals surface area contributed by atoms with Crippen LogP contribution in [0.5, 0.6) is 5.75 Å². The van der Waals surface area contributed by atoms with Crippen molar-refractivity contribution >= 4 is 17.7 Å². The van der Waals surface area contributed by atoms with E-state index < -0.39 is 18.0 Å². The summed E-state index contributed by atoms with van der Waals surface area (Å²) in [5, 5.41) is 13.1. The molecule has 0 bridgehead atoms. The molecule has 0 radical (unpaired) electrons. The maximum atomic E-state index is 13.3. The molecular weight excluding hydrogens is 327 g/mol. The number of nitrogens with one attached hydrogen (secondary N) is 1. The second kappa shape index (κ2) is 8.33. The maximum absolute atomic E-state index is 13.3. The molecule has 23 heavy (non-hydrogen) atoms. The minimum absolute atomic E-state index is 0.0218. The Bertz CT molecular complexity index is 546. The van der Waals surface area contributed by atoms with Gasteiger partial charge in [0.1, 0.15) is 30.4 Å². The second-order valence-electron chi connectivity index (χ2n) is 5.52. The number of carbonyl (C=O) groups is 1. The van der Waals surface area contributed by atoms with Crippen molar-refractivity contribution in [1.29, 1.82) is 0 Å². The monoisotopic (exact) mass is 346 g/mol. The fourth-order valence-corrected chi connectivity index (χ4v) is 2.64. The number of nitrogens with two attached hydrogens (primary N) is 1. The first-order valence-corrected chi connectivity index (χ1v) is 7.77. The molecule has 1 saturated carbocycles. The summed E-state index contributed by atoms with van der Waals surface area (Å²) in [5.74, 6) is -0.259. The van der Waals surface area contributed by atoms with Crippen molar-refractivity contribution in [3.8, 4) is 5.75 Å². The molecule has 0 aliphatic heterocycles. The smallest absolute Gasteiger partial charge is 0.404 e. The summed E-state index contributed by atoms with van der Waals surface area (Å²) in [5.41, 5.74) is 4.98. The van der Waals surface area contributed by atoms with Crippen LogP contribution in [-0.4, -0.2) is 42.6 Å². The zero-order valence-corrected chi connectivity index (χ0v) is 13.3. The standard InChI is InChI=1S/C15H20ClFN2O4/c16-13-4-3-11(6-14(13)17)22-8-10(20)7-19-9-1-2-12(5-9)23-15(18)21/h3-4,6,9-10,12,19-20H,1-2,5,7-8H2,(H2,18,21)/t9-,10-,12?/m0/s1. The number of rotatable bonds is 7. The van der Waals surface area contributed by atoms with Crippen LogP contribution >= 0.6 is 11.6 Å². The summed E-state index contributed by atoms with van der Waals surface area (Å²) < 4.78 is 23.5. The van der Waals surface area contributed by atoms with Gasteiger partial charge in [-0.05, 0) is 31.4 Å². The van der Waals surface area contributed by atoms with Gasteiger partial charge in [-0.15, -0.1) is 0 Å². The highest BCUT2D eigenvalue weighted by Crippen LogP contribution is 2.22. The first kappa shape index (κ1) is 17.8. The lowest BCUT2D eigenvalue weighted by molar-refractivity contribution is 0.0985. The minimum atomic E-state index is -0.765. The summed E-state index contributed by atoms with van der Waals surface area (Å²) in [7, 11) is 0. The lowest BCUT2D eigenvalue weighted by Gasteiger charge is -2.17. The van der Waals surface area contributed by atoms with Crippen molar-refractivity contribution in [1.82, 2.24) is 5.32 Å². The number of halogens is 2. The van der Waals surface area contributed by atoms with E-state index in [1.165, 1.54) is 18.2 Å². The molecule has 1 aromatic rings. The van der Waals surface area contributed by atoms with Crippen LogP contribution in [0.2, 0.25) is 5.02 Å². The van der Waals surface area contributed by atoms with E-state index in [2.05, 4.69) is 5.32 Å². The van der Waals surface area contributed by atoms with Crippen molar-refractivity contribution in [3.63, 3.8) is 0 Å². The number of aliphatic hydroxyl groups excluding tert-OH is 1. The largest absolute Gasteiger partial charge is 0.491 e. The Morgan fingerprint density at radius 2 is 2.30 bits per heavy atom. The number of primary amides is 1. The summed E-state index contributed by atoms with van der Waals surface area (Å²) in [6.07, 6.45) is 0.573. The van der Waals surface area contributed by atoms with Gasteiger partial charge in [0.25, 0.3) is 0 Å². The van der Waals surface area contributed by atoms with Crippen LogP contribution in [-0.2, 0) is 4.74 Å². The fraction of sp³-hybridized carbons (Fsp3) is 0.533. The van der Waals surface area contributed by atoms with E-state index in [1.54, 1.807) is 0 Å². The molecule has 128 valence electrons. The molecule has 1 amide bonds. The van der Waals surface area contributed by atoms with E-state index in [0.717, 1.165) is 12.8 Å². The third-order valence-electron chi connectivity index (χ3n) is 3.64. The SMILES string of the molecule is NC(=O)OC1CC[C@H](NC[C@H](O)COc2ccc(Cl)c(F)c2)C1. The summed E-state index contributed by atoms with van der Waals surface area (Å²) >= 11 is 5.58. The molecule has 4 N–H and O–H groups in total. The number of hydrogen-bond acceptors (Lipinski definition) is 5. The number of benzene rings is 1. The molecule has 1 fully saturated rings. The van der Waals surface area contributed by atoms with Crippen LogP contribution in [0.1, 0.15) is 19.3 Å². The van der Waals surface area contributed by atoms with E-state index in [4.69, 9.17) is 26.8 Å². The molecule has 0 aromatic heterocycles. The number of hydrogen-bond donors (Lipinski definition) is 3. The van der Waals surface area contributed by atoms with Crippen LogP contribution < -0.4 is 15.8 Å². The molecular formula is C15H20ClFN2O4. The summed E-state index contributed by atoms with van der Waals surface area (Å²) in [6.45, 7) is 0.353. The normalized spacial score (nSPS) is 21.9. The third kappa shape index (κ3) is 5.85. The molecule has 1 aliphatic carbocycles. The average Bonchev–Trinajstić information content (AvgIpc) is 2.93. The number of ether oxygens (including phenoxy) is 2. The Labute approximate surface area is 138 Å². The van der Waals surface area contributed by atoms with Gasteiger partial charge < -0.3 is 25.6 Å². The lowest BCUT2D eigenvalue weighted by atomic mass is 10.2. The average molecular weight is 347 g/mol. The molecule has 1 unspecified atom stereocenters. The van der Waals surface area contributed by atoms with Crippen molar-refractivity contribution in [2.24, 2.45) is 5.73 Å². The number of carbonyl (C=O) groups excluding carboxylic acids is 1. The van der Waals surface area contributed by atoms with Gasteiger partial charge in [0.15, 0.2) is 0 Å². The van der Waals surface area contributed by atoms with Crippen LogP contribution in [0.15, 0.2) is 18.2 Å². The molecule has 1 aromatic carbocycles. The Kier molecular flexibility index (Phi) is 6.44. The molecule has 0 spiro atoms. The third-order valence-corrected chi connectivity index (χ3v) is 3.95. The molecule has 0 heterocycles. The van der Waals surface area contributed by atoms with Crippen molar-refractivity contribution < 1.29 is 23.8 Å². The lowest BCUT2D eigenvalue weighted by Crippen LogP contribution is -2.37. The predicted octanol–water partition coefficient (Wildman–Crippen LogP) is 1.82. The van der Waals surface area contributed by atoms with E-state index in [1.807, 2.05) is 0 Å². The van der Waals surface area contributed by atoms with Gasteiger partial charge in [0.2, 0.25) is 0 Å². The van der Waals surface area contributed by atoms with Gasteiger partial charge in [-0.2, -0.15) is 0 Å². The molecule has 3 atom stereocenters. The van der Waals surface area contributed by atoms with Crippen LogP contribution in [0, 0.1) is 5.82 Å². The summed E-state index contributed by atoms with van der Waals surface area (Å²) in [4.78, 5) is 10.7. The highest BCUT2D eigenvalue weighted by molar-refractivity contribution is 6.30. The Morgan fingerprint density at radius 3 is 3.00 bits per heavy atom. The van der Waals surface area contributed by atoms with Gasteiger partial charge in [0, 0.05) is 18.7 Å². The Balaban J connectivity index is 1.66. The van der Waals surface area contributed by atoms with Crippen LogP contribution in [0.3, 0.4) is 0 Å². The van der Waals surface area contributed by atoms with E-state index in [-0.39, 0.29) is 23.8 Å². The molecule has 0 saturated heterocycles. The van der Waals surface area contributed by atoms with E-state index >= 15 is 0 Å². The van der Waals surface area contributed by atoms with E-state index in [9.17, 15) is 14.3 Å². The fourth-order valence-electron chi connectivity index (χ4n) is 2.52. The first-order valence-electron chi connectivity index (χ1n) is 7.39. The first-order chi connectivity index (χ1) is 10.9. The molecule has 6 nitrogen and oxygen atoms in total. The van der Waals surface area contributed by atoms with Crippen molar-refractivity contribution in [3.05, 3.63) is 29.0 Å². The molecule has 2 rings (SSSR count). The zero-order valence-electron chi connectivity index (χ0n) is 12.5. The predicted molar refractivity (Wildman–Crippen MR) is 83.0 cm³/mol. The maximum Gasteiger partial charge on any atom is 0.404 e. The van der Waals surface area contributed by atoms with Gasteiger partial charge in [-0.25, -0.2) is 9.18 Å². The minimum Gasteiger partial charge on any atom is -0.491 e. The molecule has 8 heteroatoms. The quantitative estimate of drug-likeness (QED) is 0.700. The summed E-state index contributed by atoms with van der Waals surface area (Å²) in [6, 6.07) is 4.26. The van der Waals surface area contributed by atoms with Gasteiger partial charge in [0.05, 0.1) is 5.02 Å². The highest BCUT2D eigenvalue weighted by Gasteiger charge is 2.27. The van der Waals surface area contributed by atoms with Gasteiger partial charge >= 0.3 is 6.09 Å². The number of amides is 1. The number of aliphatic hydroxyl groups is 1.